The largest absolute Gasteiger partial charge is 0.497 e. The van der Waals surface area contributed by atoms with Crippen LogP contribution >= 0.6 is 0 Å². The molecule has 0 unspecified atom stereocenters. The number of pyridine rings is 1. The van der Waals surface area contributed by atoms with E-state index in [1.165, 1.54) is 0 Å². The maximum absolute atomic E-state index is 8.66. The van der Waals surface area contributed by atoms with E-state index in [2.05, 4.69) is 4.98 Å². The molecule has 1 heterocycles. The average molecular weight is 184 g/mol. The first-order valence-corrected chi connectivity index (χ1v) is 4.18. The SMILES string of the molecule is COc1ccc2nc(C#N)ccc2c1. The fourth-order valence-electron chi connectivity index (χ4n) is 1.29. The average Bonchev–Trinajstić information content (AvgIpc) is 2.27. The van der Waals surface area contributed by atoms with E-state index in [0.29, 0.717) is 5.69 Å². The van der Waals surface area contributed by atoms with Crippen LogP contribution < -0.4 is 4.74 Å². The molecule has 3 heteroatoms. The molecule has 2 rings (SSSR count). The maximum atomic E-state index is 8.66. The van der Waals surface area contributed by atoms with Crippen molar-refractivity contribution in [1.82, 2.24) is 4.98 Å². The number of nitriles is 1. The Morgan fingerprint density at radius 2 is 2.14 bits per heavy atom. The van der Waals surface area contributed by atoms with Crippen molar-refractivity contribution in [2.75, 3.05) is 7.11 Å². The zero-order valence-corrected chi connectivity index (χ0v) is 7.69. The Bertz CT molecular complexity index is 514. The molecule has 1 aromatic heterocycles. The number of nitrogens with zero attached hydrogens (tertiary/aromatic N) is 2. The van der Waals surface area contributed by atoms with Gasteiger partial charge in [-0.25, -0.2) is 4.98 Å². The lowest BCUT2D eigenvalue weighted by atomic mass is 10.2. The van der Waals surface area contributed by atoms with Crippen molar-refractivity contribution in [2.45, 2.75) is 0 Å². The molecule has 2 aromatic rings. The summed E-state index contributed by atoms with van der Waals surface area (Å²) in [4.78, 5) is 4.15. The van der Waals surface area contributed by atoms with Crippen LogP contribution in [0.5, 0.6) is 5.75 Å². The predicted octanol–water partition coefficient (Wildman–Crippen LogP) is 2.12. The number of aromatic nitrogens is 1. The van der Waals surface area contributed by atoms with E-state index in [0.717, 1.165) is 16.7 Å². The Kier molecular flexibility index (Phi) is 2.04. The van der Waals surface area contributed by atoms with Crippen LogP contribution in [0.3, 0.4) is 0 Å². The van der Waals surface area contributed by atoms with E-state index >= 15 is 0 Å². The van der Waals surface area contributed by atoms with E-state index < -0.39 is 0 Å². The van der Waals surface area contributed by atoms with Gasteiger partial charge >= 0.3 is 0 Å². The van der Waals surface area contributed by atoms with Crippen molar-refractivity contribution in [3.63, 3.8) is 0 Å². The third kappa shape index (κ3) is 1.38. The summed E-state index contributed by atoms with van der Waals surface area (Å²) < 4.78 is 5.09. The number of benzene rings is 1. The Labute approximate surface area is 81.6 Å². The Morgan fingerprint density at radius 1 is 1.29 bits per heavy atom. The molecular weight excluding hydrogens is 176 g/mol. The molecule has 14 heavy (non-hydrogen) atoms. The number of methoxy groups -OCH3 is 1. The number of hydrogen-bond acceptors (Lipinski definition) is 3. The number of ether oxygens (including phenoxy) is 1. The Balaban J connectivity index is 2.64. The van der Waals surface area contributed by atoms with Gasteiger partial charge in [0.15, 0.2) is 0 Å². The predicted molar refractivity (Wildman–Crippen MR) is 53.0 cm³/mol. The highest BCUT2D eigenvalue weighted by atomic mass is 16.5. The van der Waals surface area contributed by atoms with E-state index in [1.54, 1.807) is 13.2 Å². The van der Waals surface area contributed by atoms with Gasteiger partial charge in [0.2, 0.25) is 0 Å². The highest BCUT2D eigenvalue weighted by Crippen LogP contribution is 2.19. The van der Waals surface area contributed by atoms with Crippen LogP contribution in [-0.2, 0) is 0 Å². The summed E-state index contributed by atoms with van der Waals surface area (Å²) >= 11 is 0. The van der Waals surface area contributed by atoms with Gasteiger partial charge < -0.3 is 4.74 Å². The van der Waals surface area contributed by atoms with Crippen molar-refractivity contribution in [1.29, 1.82) is 5.26 Å². The Morgan fingerprint density at radius 3 is 2.86 bits per heavy atom. The molecule has 3 nitrogen and oxygen atoms in total. The minimum absolute atomic E-state index is 0.433. The van der Waals surface area contributed by atoms with Crippen LogP contribution in [0.15, 0.2) is 30.3 Å². The molecule has 0 bridgehead atoms. The van der Waals surface area contributed by atoms with Gasteiger partial charge in [-0.3, -0.25) is 0 Å². The van der Waals surface area contributed by atoms with Gasteiger partial charge in [-0.05, 0) is 30.3 Å². The van der Waals surface area contributed by atoms with Gasteiger partial charge in [0, 0.05) is 5.39 Å². The summed E-state index contributed by atoms with van der Waals surface area (Å²) in [6.45, 7) is 0. The van der Waals surface area contributed by atoms with Crippen LogP contribution in [0, 0.1) is 11.3 Å². The summed E-state index contributed by atoms with van der Waals surface area (Å²) in [6, 6.07) is 11.1. The molecule has 0 radical (unpaired) electrons. The maximum Gasteiger partial charge on any atom is 0.141 e. The first-order chi connectivity index (χ1) is 6.83. The first-order valence-electron chi connectivity index (χ1n) is 4.18. The Hall–Kier alpha value is -2.08. The second-order valence-electron chi connectivity index (χ2n) is 2.87. The van der Waals surface area contributed by atoms with Gasteiger partial charge in [0.1, 0.15) is 17.5 Å². The van der Waals surface area contributed by atoms with Crippen LogP contribution in [0.2, 0.25) is 0 Å². The molecule has 0 aliphatic carbocycles. The monoisotopic (exact) mass is 184 g/mol. The van der Waals surface area contributed by atoms with E-state index in [1.807, 2.05) is 30.3 Å². The number of rotatable bonds is 1. The number of hydrogen-bond donors (Lipinski definition) is 0. The van der Waals surface area contributed by atoms with Crippen LogP contribution in [0.1, 0.15) is 5.69 Å². The first kappa shape index (κ1) is 8.52. The van der Waals surface area contributed by atoms with Gasteiger partial charge in [0.05, 0.1) is 12.6 Å². The fourth-order valence-corrected chi connectivity index (χ4v) is 1.29. The molecule has 0 aliphatic heterocycles. The lowest BCUT2D eigenvalue weighted by Gasteiger charge is -2.01. The van der Waals surface area contributed by atoms with Crippen molar-refractivity contribution < 1.29 is 4.74 Å². The summed E-state index contributed by atoms with van der Waals surface area (Å²) in [5.74, 6) is 0.795. The molecule has 1 aromatic carbocycles. The van der Waals surface area contributed by atoms with E-state index in [-0.39, 0.29) is 0 Å². The fraction of sp³-hybridized carbons (Fsp3) is 0.0909. The zero-order chi connectivity index (χ0) is 9.97. The quantitative estimate of drug-likeness (QED) is 0.681. The smallest absolute Gasteiger partial charge is 0.141 e. The van der Waals surface area contributed by atoms with E-state index in [9.17, 15) is 0 Å². The highest BCUT2D eigenvalue weighted by Gasteiger charge is 1.98. The number of fused-ring (bicyclic) bond motifs is 1. The molecule has 0 amide bonds. The van der Waals surface area contributed by atoms with Crippen LogP contribution in [-0.4, -0.2) is 12.1 Å². The standard InChI is InChI=1S/C11H8N2O/c1-14-10-4-5-11-8(6-10)2-3-9(7-12)13-11/h2-6H,1H3. The highest BCUT2D eigenvalue weighted by molar-refractivity contribution is 5.80. The third-order valence-corrected chi connectivity index (χ3v) is 2.01. The van der Waals surface area contributed by atoms with Crippen molar-refractivity contribution >= 4 is 10.9 Å². The third-order valence-electron chi connectivity index (χ3n) is 2.01. The normalized spacial score (nSPS) is 9.71. The van der Waals surface area contributed by atoms with Crippen molar-refractivity contribution in [2.24, 2.45) is 0 Å². The minimum Gasteiger partial charge on any atom is -0.497 e. The van der Waals surface area contributed by atoms with Crippen molar-refractivity contribution in [3.8, 4) is 11.8 Å². The van der Waals surface area contributed by atoms with Gasteiger partial charge in [-0.2, -0.15) is 5.26 Å². The molecule has 0 saturated heterocycles. The summed E-state index contributed by atoms with van der Waals surface area (Å²) in [7, 11) is 1.62. The van der Waals surface area contributed by atoms with Crippen LogP contribution in [0.25, 0.3) is 10.9 Å². The second-order valence-corrected chi connectivity index (χ2v) is 2.87. The molecule has 0 aliphatic rings. The van der Waals surface area contributed by atoms with Crippen LogP contribution in [0.4, 0.5) is 0 Å². The van der Waals surface area contributed by atoms with Crippen molar-refractivity contribution in [3.05, 3.63) is 36.0 Å². The second kappa shape index (κ2) is 3.35. The summed E-state index contributed by atoms with van der Waals surface area (Å²) in [5.41, 5.74) is 1.24. The molecule has 68 valence electrons. The lowest BCUT2D eigenvalue weighted by Crippen LogP contribution is -1.86. The summed E-state index contributed by atoms with van der Waals surface area (Å²) in [6.07, 6.45) is 0. The lowest BCUT2D eigenvalue weighted by molar-refractivity contribution is 0.415. The van der Waals surface area contributed by atoms with Gasteiger partial charge in [-0.15, -0.1) is 0 Å². The van der Waals surface area contributed by atoms with Gasteiger partial charge in [0.25, 0.3) is 0 Å². The minimum atomic E-state index is 0.433. The molecule has 0 saturated carbocycles. The topological polar surface area (TPSA) is 45.9 Å². The van der Waals surface area contributed by atoms with E-state index in [4.69, 9.17) is 10.00 Å². The molecular formula is C11H8N2O. The van der Waals surface area contributed by atoms with Gasteiger partial charge in [-0.1, -0.05) is 0 Å². The molecule has 0 spiro atoms. The molecule has 0 atom stereocenters. The zero-order valence-electron chi connectivity index (χ0n) is 7.69. The summed E-state index contributed by atoms with van der Waals surface area (Å²) in [5, 5.41) is 9.64. The molecule has 0 fully saturated rings. The molecule has 0 N–H and O–H groups in total.